The first-order valence-corrected chi connectivity index (χ1v) is 7.95. The summed E-state index contributed by atoms with van der Waals surface area (Å²) in [5.41, 5.74) is 1.77. The highest BCUT2D eigenvalue weighted by atomic mass is 79.9. The summed E-state index contributed by atoms with van der Waals surface area (Å²) in [4.78, 5) is 0. The van der Waals surface area contributed by atoms with Gasteiger partial charge < -0.3 is 9.73 Å². The van der Waals surface area contributed by atoms with Crippen LogP contribution in [0.1, 0.15) is 17.4 Å². The van der Waals surface area contributed by atoms with Crippen LogP contribution in [-0.2, 0) is 0 Å². The monoisotopic (exact) mass is 383 g/mol. The molecule has 1 unspecified atom stereocenters. The van der Waals surface area contributed by atoms with Gasteiger partial charge in [0.05, 0.1) is 16.1 Å². The molecule has 0 saturated heterocycles. The Morgan fingerprint density at radius 1 is 1.10 bits per heavy atom. The number of para-hydroxylation sites is 1. The number of hydrogen-bond acceptors (Lipinski definition) is 2. The highest BCUT2D eigenvalue weighted by molar-refractivity contribution is 9.10. The Kier molecular flexibility index (Phi) is 4.27. The maximum absolute atomic E-state index is 6.17. The molecule has 0 aliphatic carbocycles. The fraction of sp³-hybridized carbons (Fsp3) is 0.125. The van der Waals surface area contributed by atoms with Crippen molar-refractivity contribution in [1.82, 2.24) is 5.32 Å². The second-order valence-electron chi connectivity index (χ2n) is 4.70. The Labute approximate surface area is 141 Å². The fourth-order valence-electron chi connectivity index (χ4n) is 2.35. The smallest absolute Gasteiger partial charge is 0.152 e. The third kappa shape index (κ3) is 2.84. The van der Waals surface area contributed by atoms with E-state index in [1.807, 2.05) is 49.5 Å². The first-order chi connectivity index (χ1) is 10.1. The second kappa shape index (κ2) is 6.01. The van der Waals surface area contributed by atoms with Gasteiger partial charge in [-0.25, -0.2) is 0 Å². The van der Waals surface area contributed by atoms with Gasteiger partial charge in [-0.1, -0.05) is 41.4 Å². The number of furan rings is 1. The summed E-state index contributed by atoms with van der Waals surface area (Å²) in [5, 5.41) is 5.55. The van der Waals surface area contributed by atoms with E-state index in [2.05, 4.69) is 21.2 Å². The van der Waals surface area contributed by atoms with Crippen molar-refractivity contribution in [2.45, 2.75) is 6.04 Å². The van der Waals surface area contributed by atoms with Gasteiger partial charge in [0.2, 0.25) is 0 Å². The van der Waals surface area contributed by atoms with Crippen LogP contribution in [0.5, 0.6) is 0 Å². The zero-order valence-electron chi connectivity index (χ0n) is 11.2. The lowest BCUT2D eigenvalue weighted by Gasteiger charge is -2.14. The molecule has 1 N–H and O–H groups in total. The van der Waals surface area contributed by atoms with Crippen LogP contribution < -0.4 is 5.32 Å². The number of hydrogen-bond donors (Lipinski definition) is 1. The number of halogens is 3. The number of fused-ring (bicyclic) bond motifs is 1. The minimum absolute atomic E-state index is 0.0676. The fourth-order valence-corrected chi connectivity index (χ4v) is 3.09. The molecule has 0 saturated carbocycles. The maximum atomic E-state index is 6.17. The van der Waals surface area contributed by atoms with Crippen LogP contribution in [0.2, 0.25) is 10.0 Å². The minimum atomic E-state index is -0.0676. The lowest BCUT2D eigenvalue weighted by atomic mass is 10.0. The SMILES string of the molecule is CNC(c1ccc(Cl)c(Br)c1)c1cc2cccc(Cl)c2o1. The van der Waals surface area contributed by atoms with Crippen molar-refractivity contribution in [2.75, 3.05) is 7.05 Å². The van der Waals surface area contributed by atoms with Gasteiger partial charge >= 0.3 is 0 Å². The zero-order valence-corrected chi connectivity index (χ0v) is 14.3. The number of benzene rings is 2. The predicted molar refractivity (Wildman–Crippen MR) is 91.3 cm³/mol. The molecule has 3 rings (SSSR count). The van der Waals surface area contributed by atoms with Gasteiger partial charge in [0, 0.05) is 9.86 Å². The van der Waals surface area contributed by atoms with Crippen molar-refractivity contribution in [1.29, 1.82) is 0 Å². The third-order valence-electron chi connectivity index (χ3n) is 3.37. The van der Waals surface area contributed by atoms with Gasteiger partial charge in [0.1, 0.15) is 5.76 Å². The van der Waals surface area contributed by atoms with E-state index in [0.717, 1.165) is 21.2 Å². The maximum Gasteiger partial charge on any atom is 0.152 e. The van der Waals surface area contributed by atoms with Crippen LogP contribution in [0.4, 0.5) is 0 Å². The van der Waals surface area contributed by atoms with Crippen molar-refractivity contribution in [3.8, 4) is 0 Å². The van der Waals surface area contributed by atoms with Crippen LogP contribution in [0.15, 0.2) is 51.4 Å². The van der Waals surface area contributed by atoms with E-state index < -0.39 is 0 Å². The predicted octanol–water partition coefficient (Wildman–Crippen LogP) is 5.81. The van der Waals surface area contributed by atoms with Crippen LogP contribution in [-0.4, -0.2) is 7.05 Å². The van der Waals surface area contributed by atoms with Gasteiger partial charge in [-0.3, -0.25) is 0 Å². The van der Waals surface area contributed by atoms with Crippen molar-refractivity contribution >= 4 is 50.1 Å². The Hall–Kier alpha value is -1.00. The molecule has 5 heteroatoms. The average Bonchev–Trinajstić information content (AvgIpc) is 2.89. The van der Waals surface area contributed by atoms with E-state index in [0.29, 0.717) is 15.6 Å². The molecule has 0 aliphatic rings. The van der Waals surface area contributed by atoms with E-state index in [-0.39, 0.29) is 6.04 Å². The molecule has 0 bridgehead atoms. The van der Waals surface area contributed by atoms with Gasteiger partial charge in [-0.15, -0.1) is 0 Å². The van der Waals surface area contributed by atoms with Gasteiger partial charge in [-0.05, 0) is 52.8 Å². The number of rotatable bonds is 3. The summed E-state index contributed by atoms with van der Waals surface area (Å²) < 4.78 is 6.79. The Morgan fingerprint density at radius 3 is 2.57 bits per heavy atom. The van der Waals surface area contributed by atoms with E-state index in [1.165, 1.54) is 0 Å². The lowest BCUT2D eigenvalue weighted by molar-refractivity contribution is 0.491. The summed E-state index contributed by atoms with van der Waals surface area (Å²) in [5.74, 6) is 0.815. The van der Waals surface area contributed by atoms with E-state index in [9.17, 15) is 0 Å². The molecule has 0 spiro atoms. The molecular formula is C16H12BrCl2NO. The van der Waals surface area contributed by atoms with Crippen molar-refractivity contribution in [3.05, 3.63) is 68.3 Å². The molecule has 2 nitrogen and oxygen atoms in total. The molecule has 21 heavy (non-hydrogen) atoms. The number of nitrogens with one attached hydrogen (secondary N) is 1. The van der Waals surface area contributed by atoms with Gasteiger partial charge in [-0.2, -0.15) is 0 Å². The summed E-state index contributed by atoms with van der Waals surface area (Å²) >= 11 is 15.7. The Bertz CT molecular complexity index is 800. The first-order valence-electron chi connectivity index (χ1n) is 6.40. The Morgan fingerprint density at radius 2 is 1.90 bits per heavy atom. The quantitative estimate of drug-likeness (QED) is 0.616. The van der Waals surface area contributed by atoms with E-state index in [1.54, 1.807) is 0 Å². The van der Waals surface area contributed by atoms with Gasteiger partial charge in [0.15, 0.2) is 5.58 Å². The largest absolute Gasteiger partial charge is 0.457 e. The standard InChI is InChI=1S/C16H12BrCl2NO/c1-20-15(9-5-6-12(18)11(17)7-9)14-8-10-3-2-4-13(19)16(10)21-14/h2-8,15,20H,1H3. The normalized spacial score (nSPS) is 12.8. The average molecular weight is 385 g/mol. The van der Waals surface area contributed by atoms with Crippen LogP contribution >= 0.6 is 39.1 Å². The highest BCUT2D eigenvalue weighted by Crippen LogP contribution is 2.33. The molecular weight excluding hydrogens is 373 g/mol. The topological polar surface area (TPSA) is 25.2 Å². The first kappa shape index (κ1) is 14.9. The van der Waals surface area contributed by atoms with Crippen LogP contribution in [0, 0.1) is 0 Å². The minimum Gasteiger partial charge on any atom is -0.457 e. The summed E-state index contributed by atoms with van der Waals surface area (Å²) in [7, 11) is 1.89. The van der Waals surface area contributed by atoms with E-state index in [4.69, 9.17) is 27.6 Å². The van der Waals surface area contributed by atoms with Gasteiger partial charge in [0.25, 0.3) is 0 Å². The summed E-state index contributed by atoms with van der Waals surface area (Å²) in [6, 6.07) is 13.5. The summed E-state index contributed by atoms with van der Waals surface area (Å²) in [6.45, 7) is 0. The highest BCUT2D eigenvalue weighted by Gasteiger charge is 2.18. The van der Waals surface area contributed by atoms with E-state index >= 15 is 0 Å². The summed E-state index contributed by atoms with van der Waals surface area (Å²) in [6.07, 6.45) is 0. The van der Waals surface area contributed by atoms with Crippen LogP contribution in [0.3, 0.4) is 0 Å². The van der Waals surface area contributed by atoms with Crippen molar-refractivity contribution in [3.63, 3.8) is 0 Å². The molecule has 1 aromatic heterocycles. The molecule has 0 radical (unpaired) electrons. The molecule has 0 fully saturated rings. The van der Waals surface area contributed by atoms with Crippen molar-refractivity contribution in [2.24, 2.45) is 0 Å². The third-order valence-corrected chi connectivity index (χ3v) is 4.88. The molecule has 3 aromatic rings. The van der Waals surface area contributed by atoms with Crippen LogP contribution in [0.25, 0.3) is 11.0 Å². The van der Waals surface area contributed by atoms with Crippen molar-refractivity contribution < 1.29 is 4.42 Å². The molecule has 1 heterocycles. The zero-order chi connectivity index (χ0) is 15.0. The Balaban J connectivity index is 2.09. The molecule has 0 amide bonds. The molecule has 0 aliphatic heterocycles. The molecule has 1 atom stereocenters. The lowest BCUT2D eigenvalue weighted by Crippen LogP contribution is -2.16. The second-order valence-corrected chi connectivity index (χ2v) is 6.37. The molecule has 2 aromatic carbocycles. The molecule has 108 valence electrons.